The van der Waals surface area contributed by atoms with E-state index in [0.29, 0.717) is 19.5 Å². The maximum absolute atomic E-state index is 13.7. The highest BCUT2D eigenvalue weighted by atomic mass is 16.2. The van der Waals surface area contributed by atoms with Crippen molar-refractivity contribution in [1.29, 1.82) is 0 Å². The molecular weight excluding hydrogens is 408 g/mol. The minimum absolute atomic E-state index is 0.0419. The Morgan fingerprint density at radius 3 is 2.09 bits per heavy atom. The number of nitrogens with zero attached hydrogens (tertiary/aromatic N) is 1. The number of rotatable bonds is 11. The number of nitrogens with one attached hydrogen (secondary N) is 1. The molecule has 0 aliphatic carbocycles. The van der Waals surface area contributed by atoms with E-state index in [1.807, 2.05) is 91.9 Å². The zero-order chi connectivity index (χ0) is 23.5. The summed E-state index contributed by atoms with van der Waals surface area (Å²) in [6.07, 6.45) is 2.67. The normalized spacial score (nSPS) is 11.6. The van der Waals surface area contributed by atoms with Gasteiger partial charge in [-0.15, -0.1) is 0 Å². The van der Waals surface area contributed by atoms with Crippen molar-refractivity contribution in [2.75, 3.05) is 6.54 Å². The highest BCUT2D eigenvalue weighted by molar-refractivity contribution is 5.89. The summed E-state index contributed by atoms with van der Waals surface area (Å²) in [5.74, 6) is -0.138. The molecule has 0 heterocycles. The molecule has 3 aromatic carbocycles. The van der Waals surface area contributed by atoms with Crippen LogP contribution >= 0.6 is 0 Å². The molecule has 0 aromatic heterocycles. The van der Waals surface area contributed by atoms with Gasteiger partial charge in [-0.25, -0.2) is 0 Å². The topological polar surface area (TPSA) is 49.4 Å². The fraction of sp³-hybridized carbons (Fsp3) is 0.310. The van der Waals surface area contributed by atoms with E-state index in [4.69, 9.17) is 0 Å². The minimum Gasteiger partial charge on any atom is -0.354 e. The van der Waals surface area contributed by atoms with Gasteiger partial charge >= 0.3 is 0 Å². The fourth-order valence-corrected chi connectivity index (χ4v) is 3.91. The lowest BCUT2D eigenvalue weighted by Crippen LogP contribution is -2.51. The monoisotopic (exact) mass is 442 g/mol. The SMILES string of the molecule is CCCCNC(=O)C(Cc1ccccc1)N(Cc1ccccc1)C(=O)Cc1ccccc1C. The number of hydrogen-bond donors (Lipinski definition) is 1. The van der Waals surface area contributed by atoms with Crippen LogP contribution in [0.2, 0.25) is 0 Å². The van der Waals surface area contributed by atoms with Gasteiger partial charge in [0.05, 0.1) is 6.42 Å². The highest BCUT2D eigenvalue weighted by Gasteiger charge is 2.30. The average molecular weight is 443 g/mol. The van der Waals surface area contributed by atoms with Gasteiger partial charge in [-0.2, -0.15) is 0 Å². The molecule has 4 heteroatoms. The predicted octanol–water partition coefficient (Wildman–Crippen LogP) is 5.09. The van der Waals surface area contributed by atoms with Gasteiger partial charge in [-0.05, 0) is 35.6 Å². The van der Waals surface area contributed by atoms with Crippen molar-refractivity contribution in [3.05, 3.63) is 107 Å². The molecule has 33 heavy (non-hydrogen) atoms. The molecule has 2 amide bonds. The molecule has 172 valence electrons. The van der Waals surface area contributed by atoms with Gasteiger partial charge in [0.25, 0.3) is 0 Å². The van der Waals surface area contributed by atoms with E-state index in [2.05, 4.69) is 12.2 Å². The Labute approximate surface area is 197 Å². The van der Waals surface area contributed by atoms with Gasteiger partial charge in [0.1, 0.15) is 6.04 Å². The second-order valence-corrected chi connectivity index (χ2v) is 8.46. The van der Waals surface area contributed by atoms with Crippen molar-refractivity contribution >= 4 is 11.8 Å². The largest absolute Gasteiger partial charge is 0.354 e. The lowest BCUT2D eigenvalue weighted by atomic mass is 10.00. The molecule has 0 radical (unpaired) electrons. The van der Waals surface area contributed by atoms with Crippen LogP contribution in [-0.4, -0.2) is 29.3 Å². The van der Waals surface area contributed by atoms with Gasteiger partial charge in [0.2, 0.25) is 11.8 Å². The van der Waals surface area contributed by atoms with Crippen LogP contribution in [0.3, 0.4) is 0 Å². The van der Waals surface area contributed by atoms with Crippen molar-refractivity contribution in [1.82, 2.24) is 10.2 Å². The van der Waals surface area contributed by atoms with Crippen LogP contribution in [0, 0.1) is 6.92 Å². The third kappa shape index (κ3) is 7.31. The fourth-order valence-electron chi connectivity index (χ4n) is 3.91. The molecule has 0 aliphatic heterocycles. The number of unbranched alkanes of at least 4 members (excludes halogenated alkanes) is 1. The van der Waals surface area contributed by atoms with E-state index in [9.17, 15) is 9.59 Å². The summed E-state index contributed by atoms with van der Waals surface area (Å²) in [6, 6.07) is 27.2. The molecule has 0 aliphatic rings. The Bertz CT molecular complexity index is 1020. The first-order chi connectivity index (χ1) is 16.1. The molecule has 0 saturated carbocycles. The summed E-state index contributed by atoms with van der Waals surface area (Å²) in [5, 5.41) is 3.07. The second-order valence-electron chi connectivity index (χ2n) is 8.46. The molecule has 3 aromatic rings. The van der Waals surface area contributed by atoms with Crippen LogP contribution in [0.15, 0.2) is 84.9 Å². The third-order valence-corrected chi connectivity index (χ3v) is 5.90. The highest BCUT2D eigenvalue weighted by Crippen LogP contribution is 2.17. The minimum atomic E-state index is -0.582. The summed E-state index contributed by atoms with van der Waals surface area (Å²) in [6.45, 7) is 5.13. The first kappa shape index (κ1) is 24.2. The Morgan fingerprint density at radius 2 is 1.45 bits per heavy atom. The van der Waals surface area contributed by atoms with Crippen molar-refractivity contribution in [3.8, 4) is 0 Å². The van der Waals surface area contributed by atoms with E-state index >= 15 is 0 Å². The summed E-state index contributed by atoms with van der Waals surface area (Å²) >= 11 is 0. The Kier molecular flexibility index (Phi) is 9.25. The smallest absolute Gasteiger partial charge is 0.243 e. The maximum Gasteiger partial charge on any atom is 0.243 e. The Morgan fingerprint density at radius 1 is 0.848 bits per heavy atom. The van der Waals surface area contributed by atoms with Crippen LogP contribution in [0.1, 0.15) is 42.0 Å². The van der Waals surface area contributed by atoms with Crippen LogP contribution in [0.5, 0.6) is 0 Å². The third-order valence-electron chi connectivity index (χ3n) is 5.90. The molecule has 0 spiro atoms. The van der Waals surface area contributed by atoms with Gasteiger partial charge < -0.3 is 10.2 Å². The zero-order valence-electron chi connectivity index (χ0n) is 19.7. The molecule has 0 fully saturated rings. The molecule has 1 N–H and O–H groups in total. The standard InChI is InChI=1S/C29H34N2O2/c1-3-4-19-30-29(33)27(20-24-14-7-5-8-15-24)31(22-25-16-9-6-10-17-25)28(32)21-26-18-12-11-13-23(26)2/h5-18,27H,3-4,19-22H2,1-2H3,(H,30,33). The number of amides is 2. The maximum atomic E-state index is 13.7. The van der Waals surface area contributed by atoms with Crippen LogP contribution in [-0.2, 0) is 29.0 Å². The van der Waals surface area contributed by atoms with Crippen LogP contribution in [0.25, 0.3) is 0 Å². The van der Waals surface area contributed by atoms with Crippen molar-refractivity contribution < 1.29 is 9.59 Å². The molecule has 0 saturated heterocycles. The molecular formula is C29H34N2O2. The summed E-state index contributed by atoms with van der Waals surface area (Å²) in [4.78, 5) is 28.8. The molecule has 3 rings (SSSR count). The van der Waals surface area contributed by atoms with Crippen LogP contribution in [0.4, 0.5) is 0 Å². The molecule has 1 atom stereocenters. The number of aryl methyl sites for hydroxylation is 1. The van der Waals surface area contributed by atoms with Crippen molar-refractivity contribution in [2.45, 2.75) is 52.1 Å². The molecule has 1 unspecified atom stereocenters. The van der Waals surface area contributed by atoms with Gasteiger partial charge in [-0.3, -0.25) is 9.59 Å². The number of benzene rings is 3. The lowest BCUT2D eigenvalue weighted by molar-refractivity contribution is -0.140. The van der Waals surface area contributed by atoms with E-state index in [-0.39, 0.29) is 18.2 Å². The van der Waals surface area contributed by atoms with Crippen LogP contribution < -0.4 is 5.32 Å². The van der Waals surface area contributed by atoms with E-state index in [1.165, 1.54) is 0 Å². The van der Waals surface area contributed by atoms with Gasteiger partial charge in [0, 0.05) is 19.5 Å². The molecule has 4 nitrogen and oxygen atoms in total. The summed E-state index contributed by atoms with van der Waals surface area (Å²) in [7, 11) is 0. The molecule has 0 bridgehead atoms. The predicted molar refractivity (Wildman–Crippen MR) is 134 cm³/mol. The lowest BCUT2D eigenvalue weighted by Gasteiger charge is -2.32. The van der Waals surface area contributed by atoms with Crippen molar-refractivity contribution in [2.24, 2.45) is 0 Å². The summed E-state index contributed by atoms with van der Waals surface area (Å²) < 4.78 is 0. The number of hydrogen-bond acceptors (Lipinski definition) is 2. The first-order valence-corrected chi connectivity index (χ1v) is 11.8. The zero-order valence-corrected chi connectivity index (χ0v) is 19.7. The van der Waals surface area contributed by atoms with Gasteiger partial charge in [-0.1, -0.05) is 98.3 Å². The summed E-state index contributed by atoms with van der Waals surface area (Å²) in [5.41, 5.74) is 4.12. The van der Waals surface area contributed by atoms with E-state index in [0.717, 1.165) is 35.1 Å². The Hall–Kier alpha value is -3.40. The first-order valence-electron chi connectivity index (χ1n) is 11.8. The van der Waals surface area contributed by atoms with E-state index < -0.39 is 6.04 Å². The van der Waals surface area contributed by atoms with Crippen molar-refractivity contribution in [3.63, 3.8) is 0 Å². The van der Waals surface area contributed by atoms with E-state index in [1.54, 1.807) is 4.90 Å². The Balaban J connectivity index is 1.92. The quantitative estimate of drug-likeness (QED) is 0.420. The number of carbonyl (C=O) groups is 2. The average Bonchev–Trinajstić information content (AvgIpc) is 2.84. The number of carbonyl (C=O) groups excluding carboxylic acids is 2. The van der Waals surface area contributed by atoms with Gasteiger partial charge in [0.15, 0.2) is 0 Å². The second kappa shape index (κ2) is 12.6.